The fourth-order valence-electron chi connectivity index (χ4n) is 0.594. The maximum atomic E-state index is 10.7. The van der Waals surface area contributed by atoms with Gasteiger partial charge in [-0.1, -0.05) is 0 Å². The van der Waals surface area contributed by atoms with E-state index >= 15 is 0 Å². The Hall–Kier alpha value is -0.710. The van der Waals surface area contributed by atoms with Gasteiger partial charge in [0.25, 0.3) is 0 Å². The van der Waals surface area contributed by atoms with Gasteiger partial charge in [-0.25, -0.2) is 9.89 Å². The molecule has 0 amide bonds. The minimum Gasteiger partial charge on any atom is -0.271 e. The number of rotatable bonds is 1. The van der Waals surface area contributed by atoms with Gasteiger partial charge in [-0.2, -0.15) is 0 Å². The highest BCUT2D eigenvalue weighted by Gasteiger charge is 1.98. The molecular weight excluding hydrogens is 138 g/mol. The smallest absolute Gasteiger partial charge is 0.271 e. The number of nitrogens with zero attached hydrogens (tertiary/aromatic N) is 2. The van der Waals surface area contributed by atoms with Crippen molar-refractivity contribution < 1.29 is 0 Å². The van der Waals surface area contributed by atoms with Gasteiger partial charge in [-0.3, -0.25) is 4.57 Å². The fraction of sp³-hybridized carbons (Fsp3) is 0.500. The number of thiol groups is 1. The van der Waals surface area contributed by atoms with Gasteiger partial charge in [0, 0.05) is 6.54 Å². The third-order valence-electron chi connectivity index (χ3n) is 1.05. The van der Waals surface area contributed by atoms with Crippen LogP contribution >= 0.6 is 12.6 Å². The van der Waals surface area contributed by atoms with Crippen molar-refractivity contribution in [3.05, 3.63) is 10.5 Å². The van der Waals surface area contributed by atoms with Gasteiger partial charge in [-0.05, 0) is 6.92 Å². The first-order valence-electron chi connectivity index (χ1n) is 2.60. The summed E-state index contributed by atoms with van der Waals surface area (Å²) in [5.74, 6) is 0. The van der Waals surface area contributed by atoms with Crippen molar-refractivity contribution in [2.24, 2.45) is 0 Å². The van der Waals surface area contributed by atoms with Gasteiger partial charge in [0.05, 0.1) is 0 Å². The number of aromatic nitrogens is 3. The lowest BCUT2D eigenvalue weighted by Crippen LogP contribution is -2.15. The third-order valence-corrected chi connectivity index (χ3v) is 1.40. The molecule has 9 heavy (non-hydrogen) atoms. The zero-order valence-corrected chi connectivity index (χ0v) is 5.85. The van der Waals surface area contributed by atoms with Crippen LogP contribution in [0.2, 0.25) is 0 Å². The summed E-state index contributed by atoms with van der Waals surface area (Å²) >= 11 is 3.92. The first-order valence-corrected chi connectivity index (χ1v) is 3.04. The molecule has 0 bridgehead atoms. The molecule has 0 aliphatic rings. The Balaban J connectivity index is 3.23. The maximum absolute atomic E-state index is 10.7. The Labute approximate surface area is 57.3 Å². The first-order chi connectivity index (χ1) is 4.25. The summed E-state index contributed by atoms with van der Waals surface area (Å²) in [4.78, 5) is 10.7. The molecule has 0 aromatic carbocycles. The van der Waals surface area contributed by atoms with Gasteiger partial charge < -0.3 is 0 Å². The Morgan fingerprint density at radius 2 is 2.56 bits per heavy atom. The largest absolute Gasteiger partial charge is 0.343 e. The van der Waals surface area contributed by atoms with Crippen LogP contribution in [0, 0.1) is 0 Å². The lowest BCUT2D eigenvalue weighted by molar-refractivity contribution is 0.662. The summed E-state index contributed by atoms with van der Waals surface area (Å²) in [6.45, 7) is 2.46. The molecular formula is C4H7N3OS. The van der Waals surface area contributed by atoms with Crippen LogP contribution in [0.5, 0.6) is 0 Å². The van der Waals surface area contributed by atoms with E-state index in [9.17, 15) is 4.79 Å². The van der Waals surface area contributed by atoms with Crippen LogP contribution < -0.4 is 5.69 Å². The second-order valence-electron chi connectivity index (χ2n) is 1.57. The molecule has 1 rings (SSSR count). The van der Waals surface area contributed by atoms with E-state index in [2.05, 4.69) is 22.8 Å². The molecule has 0 radical (unpaired) electrons. The zero-order valence-electron chi connectivity index (χ0n) is 4.96. The molecule has 1 aromatic rings. The molecule has 0 unspecified atom stereocenters. The Morgan fingerprint density at radius 3 is 2.78 bits per heavy atom. The van der Waals surface area contributed by atoms with Crippen molar-refractivity contribution in [3.8, 4) is 0 Å². The molecule has 0 aliphatic carbocycles. The molecule has 0 spiro atoms. The number of nitrogens with one attached hydrogen (secondary N) is 1. The summed E-state index contributed by atoms with van der Waals surface area (Å²) in [7, 11) is 0. The van der Waals surface area contributed by atoms with E-state index in [1.807, 2.05) is 6.92 Å². The molecule has 0 saturated heterocycles. The van der Waals surface area contributed by atoms with Gasteiger partial charge in [0.15, 0.2) is 5.16 Å². The average Bonchev–Trinajstić information content (AvgIpc) is 2.12. The number of H-pyrrole nitrogens is 1. The minimum absolute atomic E-state index is 0.206. The SMILES string of the molecule is CCn1c(S)n[nH]c1=O. The summed E-state index contributed by atoms with van der Waals surface area (Å²) in [6, 6.07) is 0. The molecule has 1 heterocycles. The highest BCUT2D eigenvalue weighted by Crippen LogP contribution is 1.93. The quantitative estimate of drug-likeness (QED) is 0.541. The predicted molar refractivity (Wildman–Crippen MR) is 35.8 cm³/mol. The Morgan fingerprint density at radius 1 is 1.89 bits per heavy atom. The lowest BCUT2D eigenvalue weighted by atomic mass is 10.7. The normalized spacial score (nSPS) is 10.0. The first kappa shape index (κ1) is 6.41. The van der Waals surface area contributed by atoms with Crippen LogP contribution in [0.3, 0.4) is 0 Å². The monoisotopic (exact) mass is 145 g/mol. The third kappa shape index (κ3) is 0.999. The van der Waals surface area contributed by atoms with Crippen LogP contribution in [-0.4, -0.2) is 14.8 Å². The van der Waals surface area contributed by atoms with Crippen LogP contribution in [0.1, 0.15) is 6.92 Å². The second-order valence-corrected chi connectivity index (χ2v) is 1.97. The van der Waals surface area contributed by atoms with E-state index in [4.69, 9.17) is 0 Å². The van der Waals surface area contributed by atoms with Crippen LogP contribution in [0.25, 0.3) is 0 Å². The predicted octanol–water partition coefficient (Wildman–Crippen LogP) is -0.120. The fourth-order valence-corrected chi connectivity index (χ4v) is 0.877. The van der Waals surface area contributed by atoms with Crippen molar-refractivity contribution in [1.29, 1.82) is 0 Å². The molecule has 0 aliphatic heterocycles. The number of hydrogen-bond donors (Lipinski definition) is 2. The Kier molecular flexibility index (Phi) is 1.61. The summed E-state index contributed by atoms with van der Waals surface area (Å²) in [5.41, 5.74) is -0.206. The van der Waals surface area contributed by atoms with Crippen molar-refractivity contribution in [1.82, 2.24) is 14.8 Å². The minimum atomic E-state index is -0.206. The van der Waals surface area contributed by atoms with Gasteiger partial charge in [0.1, 0.15) is 0 Å². The number of hydrogen-bond acceptors (Lipinski definition) is 3. The van der Waals surface area contributed by atoms with Gasteiger partial charge in [-0.15, -0.1) is 17.7 Å². The highest BCUT2D eigenvalue weighted by molar-refractivity contribution is 7.80. The molecule has 5 heteroatoms. The lowest BCUT2D eigenvalue weighted by Gasteiger charge is -1.91. The number of aromatic amines is 1. The standard InChI is InChI=1S/C4H7N3OS/c1-2-7-3(8)5-6-4(7)9/h2H2,1H3,(H,5,8)(H,6,9). The highest BCUT2D eigenvalue weighted by atomic mass is 32.1. The van der Waals surface area contributed by atoms with Crippen LogP contribution in [-0.2, 0) is 6.54 Å². The molecule has 50 valence electrons. The maximum Gasteiger partial charge on any atom is 0.343 e. The van der Waals surface area contributed by atoms with E-state index in [1.54, 1.807) is 0 Å². The topological polar surface area (TPSA) is 50.7 Å². The van der Waals surface area contributed by atoms with E-state index < -0.39 is 0 Å². The zero-order chi connectivity index (χ0) is 6.85. The average molecular weight is 145 g/mol. The van der Waals surface area contributed by atoms with E-state index in [-0.39, 0.29) is 5.69 Å². The molecule has 1 N–H and O–H groups in total. The van der Waals surface area contributed by atoms with Crippen molar-refractivity contribution in [2.75, 3.05) is 0 Å². The summed E-state index contributed by atoms with van der Waals surface area (Å²) < 4.78 is 1.43. The van der Waals surface area contributed by atoms with E-state index in [0.717, 1.165) is 0 Å². The second kappa shape index (κ2) is 2.26. The van der Waals surface area contributed by atoms with Crippen LogP contribution in [0.4, 0.5) is 0 Å². The Bertz CT molecular complexity index is 251. The molecule has 1 aromatic heterocycles. The van der Waals surface area contributed by atoms with Crippen molar-refractivity contribution in [2.45, 2.75) is 18.6 Å². The van der Waals surface area contributed by atoms with Crippen LogP contribution in [0.15, 0.2) is 9.95 Å². The summed E-state index contributed by atoms with van der Waals surface area (Å²) in [6.07, 6.45) is 0. The van der Waals surface area contributed by atoms with Crippen molar-refractivity contribution >= 4 is 12.6 Å². The molecule has 0 saturated carbocycles. The van der Waals surface area contributed by atoms with E-state index in [0.29, 0.717) is 11.7 Å². The molecule has 0 atom stereocenters. The van der Waals surface area contributed by atoms with Crippen molar-refractivity contribution in [3.63, 3.8) is 0 Å². The van der Waals surface area contributed by atoms with Gasteiger partial charge >= 0.3 is 5.69 Å². The molecule has 0 fully saturated rings. The van der Waals surface area contributed by atoms with Gasteiger partial charge in [0.2, 0.25) is 0 Å². The summed E-state index contributed by atoms with van der Waals surface area (Å²) in [5, 5.41) is 6.28. The molecule has 4 nitrogen and oxygen atoms in total. The van der Waals surface area contributed by atoms with E-state index in [1.165, 1.54) is 4.57 Å².